The number of halogens is 1. The van der Waals surface area contributed by atoms with Gasteiger partial charge in [-0.15, -0.1) is 0 Å². The molecule has 1 aromatic carbocycles. The number of carboxylic acids is 1. The number of hydrogen-bond acceptors (Lipinski definition) is 5. The van der Waals surface area contributed by atoms with E-state index in [4.69, 9.17) is 9.47 Å². The molecule has 5 rings (SSSR count). The zero-order valence-electron chi connectivity index (χ0n) is 17.2. The van der Waals surface area contributed by atoms with Gasteiger partial charge in [-0.2, -0.15) is 5.10 Å². The van der Waals surface area contributed by atoms with Crippen molar-refractivity contribution in [2.75, 3.05) is 6.79 Å². The van der Waals surface area contributed by atoms with Crippen LogP contribution in [-0.2, 0) is 6.54 Å². The molecule has 0 fully saturated rings. The monoisotopic (exact) mass is 425 g/mol. The third-order valence-electron chi connectivity index (χ3n) is 5.83. The minimum absolute atomic E-state index is 0.0145. The maximum atomic E-state index is 15.0. The lowest BCUT2D eigenvalue weighted by Gasteiger charge is -2.38. The molecule has 2 aliphatic rings. The molecular formula is C22H20FN3O5. The summed E-state index contributed by atoms with van der Waals surface area (Å²) in [5.74, 6) is -1.08. The van der Waals surface area contributed by atoms with Gasteiger partial charge in [0, 0.05) is 17.8 Å². The highest BCUT2D eigenvalue weighted by atomic mass is 19.1. The van der Waals surface area contributed by atoms with Crippen LogP contribution in [0.1, 0.15) is 37.2 Å². The van der Waals surface area contributed by atoms with Crippen molar-refractivity contribution in [3.63, 3.8) is 0 Å². The molecule has 0 amide bonds. The number of fused-ring (bicyclic) bond motifs is 4. The standard InChI is InChI=1S/C22H20FN3O5/c1-22(2,3)17-9-26-19(14-6-15(27)12(21(28)29)8-25(14)17)11(7-24-26)18-13(23)4-5-16-20(18)31-10-30-16/h4-8,17H,9-10H2,1-3H3,(H,28,29)/t17-/m0/s1. The highest BCUT2D eigenvalue weighted by Crippen LogP contribution is 2.48. The molecule has 160 valence electrons. The zero-order chi connectivity index (χ0) is 22.1. The van der Waals surface area contributed by atoms with E-state index in [0.29, 0.717) is 29.2 Å². The second-order valence-electron chi connectivity index (χ2n) is 8.78. The maximum absolute atomic E-state index is 15.0. The van der Waals surface area contributed by atoms with Gasteiger partial charge in [0.2, 0.25) is 6.79 Å². The van der Waals surface area contributed by atoms with Crippen molar-refractivity contribution in [1.29, 1.82) is 0 Å². The summed E-state index contributed by atoms with van der Waals surface area (Å²) in [6.07, 6.45) is 2.92. The molecule has 0 radical (unpaired) electrons. The van der Waals surface area contributed by atoms with Crippen molar-refractivity contribution in [2.45, 2.75) is 33.4 Å². The summed E-state index contributed by atoms with van der Waals surface area (Å²) in [6.45, 7) is 6.51. The Hall–Kier alpha value is -3.62. The van der Waals surface area contributed by atoms with E-state index in [-0.39, 0.29) is 35.1 Å². The molecule has 4 heterocycles. The van der Waals surface area contributed by atoms with Gasteiger partial charge < -0.3 is 19.1 Å². The Bertz CT molecular complexity index is 1300. The van der Waals surface area contributed by atoms with Crippen molar-refractivity contribution in [1.82, 2.24) is 14.3 Å². The fourth-order valence-corrected chi connectivity index (χ4v) is 4.28. The summed E-state index contributed by atoms with van der Waals surface area (Å²) in [5.41, 5.74) is 0.457. The zero-order valence-corrected chi connectivity index (χ0v) is 17.2. The van der Waals surface area contributed by atoms with Crippen LogP contribution in [0.3, 0.4) is 0 Å². The fourth-order valence-electron chi connectivity index (χ4n) is 4.28. The molecule has 0 saturated heterocycles. The first-order valence-corrected chi connectivity index (χ1v) is 9.81. The third kappa shape index (κ3) is 2.83. The first-order valence-electron chi connectivity index (χ1n) is 9.81. The number of aromatic carboxylic acids is 1. The molecule has 0 aliphatic carbocycles. The van der Waals surface area contributed by atoms with Gasteiger partial charge in [-0.3, -0.25) is 9.48 Å². The van der Waals surface area contributed by atoms with Crippen LogP contribution < -0.4 is 14.9 Å². The van der Waals surface area contributed by atoms with E-state index in [1.807, 2.05) is 20.8 Å². The molecule has 2 aliphatic heterocycles. The summed E-state index contributed by atoms with van der Waals surface area (Å²) in [4.78, 5) is 24.2. The maximum Gasteiger partial charge on any atom is 0.341 e. The van der Waals surface area contributed by atoms with E-state index in [2.05, 4.69) is 5.10 Å². The van der Waals surface area contributed by atoms with Crippen molar-refractivity contribution < 1.29 is 23.8 Å². The van der Waals surface area contributed by atoms with Crippen LogP contribution in [0.4, 0.5) is 4.39 Å². The Morgan fingerprint density at radius 2 is 2.06 bits per heavy atom. The Morgan fingerprint density at radius 1 is 1.29 bits per heavy atom. The van der Waals surface area contributed by atoms with Crippen LogP contribution in [0.25, 0.3) is 22.5 Å². The molecule has 31 heavy (non-hydrogen) atoms. The molecule has 3 aromatic rings. The molecule has 8 nitrogen and oxygen atoms in total. The van der Waals surface area contributed by atoms with Crippen LogP contribution in [0.15, 0.2) is 35.4 Å². The number of carbonyl (C=O) groups is 1. The highest BCUT2D eigenvalue weighted by Gasteiger charge is 2.36. The molecular weight excluding hydrogens is 405 g/mol. The van der Waals surface area contributed by atoms with Crippen LogP contribution in [-0.4, -0.2) is 32.2 Å². The van der Waals surface area contributed by atoms with Gasteiger partial charge >= 0.3 is 5.97 Å². The van der Waals surface area contributed by atoms with E-state index >= 15 is 0 Å². The first kappa shape index (κ1) is 19.3. The van der Waals surface area contributed by atoms with E-state index in [1.54, 1.807) is 15.4 Å². The first-order chi connectivity index (χ1) is 14.7. The summed E-state index contributed by atoms with van der Waals surface area (Å²) >= 11 is 0. The normalized spacial score (nSPS) is 16.7. The van der Waals surface area contributed by atoms with Crippen LogP contribution in [0.5, 0.6) is 11.5 Å². The Morgan fingerprint density at radius 3 is 2.77 bits per heavy atom. The van der Waals surface area contributed by atoms with Gasteiger partial charge in [0.25, 0.3) is 0 Å². The van der Waals surface area contributed by atoms with Gasteiger partial charge in [-0.1, -0.05) is 20.8 Å². The van der Waals surface area contributed by atoms with Crippen molar-refractivity contribution in [3.8, 4) is 34.0 Å². The van der Waals surface area contributed by atoms with E-state index in [0.717, 1.165) is 0 Å². The average molecular weight is 425 g/mol. The number of carboxylic acid groups (broad SMARTS) is 1. The van der Waals surface area contributed by atoms with Crippen LogP contribution >= 0.6 is 0 Å². The molecule has 9 heteroatoms. The Balaban J connectivity index is 1.81. The summed E-state index contributed by atoms with van der Waals surface area (Å²) in [6, 6.07) is 3.92. The second-order valence-corrected chi connectivity index (χ2v) is 8.78. The van der Waals surface area contributed by atoms with Gasteiger partial charge in [0.05, 0.1) is 35.7 Å². The van der Waals surface area contributed by atoms with Gasteiger partial charge in [0.1, 0.15) is 11.4 Å². The minimum Gasteiger partial charge on any atom is -0.477 e. The SMILES string of the molecule is CC(C)(C)[C@@H]1Cn2ncc(-c3c(F)ccc4c3OCO4)c2-c2cc(=O)c(C(=O)O)cn21. The van der Waals surface area contributed by atoms with Crippen LogP contribution in [0.2, 0.25) is 0 Å². The molecule has 1 N–H and O–H groups in total. The number of benzene rings is 1. The van der Waals surface area contributed by atoms with E-state index in [9.17, 15) is 19.1 Å². The molecule has 0 saturated carbocycles. The molecule has 1 atom stereocenters. The smallest absolute Gasteiger partial charge is 0.341 e. The van der Waals surface area contributed by atoms with Crippen molar-refractivity contribution in [3.05, 3.63) is 52.2 Å². The van der Waals surface area contributed by atoms with E-state index < -0.39 is 17.2 Å². The summed E-state index contributed by atoms with van der Waals surface area (Å²) < 4.78 is 29.4. The Kier molecular flexibility index (Phi) is 4.02. The third-order valence-corrected chi connectivity index (χ3v) is 5.83. The predicted molar refractivity (Wildman–Crippen MR) is 109 cm³/mol. The van der Waals surface area contributed by atoms with E-state index in [1.165, 1.54) is 24.4 Å². The predicted octanol–water partition coefficient (Wildman–Crippen LogP) is 3.55. The molecule has 0 bridgehead atoms. The average Bonchev–Trinajstić information content (AvgIpc) is 3.33. The quantitative estimate of drug-likeness (QED) is 0.675. The highest BCUT2D eigenvalue weighted by molar-refractivity contribution is 5.89. The topological polar surface area (TPSA) is 95.6 Å². The molecule has 0 spiro atoms. The lowest BCUT2D eigenvalue weighted by atomic mass is 9.84. The molecule has 2 aromatic heterocycles. The fraction of sp³-hybridized carbons (Fsp3) is 0.318. The van der Waals surface area contributed by atoms with Crippen molar-refractivity contribution >= 4 is 5.97 Å². The largest absolute Gasteiger partial charge is 0.477 e. The summed E-state index contributed by atoms with van der Waals surface area (Å²) in [5, 5.41) is 13.9. The summed E-state index contributed by atoms with van der Waals surface area (Å²) in [7, 11) is 0. The van der Waals surface area contributed by atoms with Crippen LogP contribution in [0, 0.1) is 11.2 Å². The van der Waals surface area contributed by atoms with Crippen molar-refractivity contribution in [2.24, 2.45) is 5.41 Å². The second kappa shape index (κ2) is 6.44. The lowest BCUT2D eigenvalue weighted by molar-refractivity contribution is 0.0693. The minimum atomic E-state index is -1.29. The van der Waals surface area contributed by atoms with Gasteiger partial charge in [0.15, 0.2) is 16.9 Å². The number of rotatable bonds is 2. The Labute approximate surface area is 176 Å². The number of pyridine rings is 1. The molecule has 0 unspecified atom stereocenters. The van der Waals surface area contributed by atoms with Gasteiger partial charge in [-0.05, 0) is 17.5 Å². The number of hydrogen-bond donors (Lipinski definition) is 1. The lowest BCUT2D eigenvalue weighted by Crippen LogP contribution is -2.35. The number of nitrogens with zero attached hydrogens (tertiary/aromatic N) is 3. The van der Waals surface area contributed by atoms with Gasteiger partial charge in [-0.25, -0.2) is 9.18 Å². The number of ether oxygens (including phenoxy) is 2. The number of aromatic nitrogens is 3.